The third-order valence-electron chi connectivity index (χ3n) is 5.12. The monoisotopic (exact) mass is 455 g/mol. The molecule has 170 valence electrons. The standard InChI is InChI=1S/C22H20BF2N3O5/c23-21(33)27-18(30)6-3-9-28-12-14-10-13(7-8-15(14)19(28)31)11-26-20(32)22(24,25)16-4-1-2-5-17(16)29/h1-2,4-5,7-8,10,29H,3,6,9,11-12H2,(H,26,32)(H,27,30,33). The van der Waals surface area contributed by atoms with E-state index in [1.807, 2.05) is 5.32 Å². The lowest BCUT2D eigenvalue weighted by atomic mass is 10.0. The van der Waals surface area contributed by atoms with Crippen molar-refractivity contribution in [1.82, 2.24) is 15.5 Å². The van der Waals surface area contributed by atoms with Gasteiger partial charge >= 0.3 is 5.92 Å². The van der Waals surface area contributed by atoms with Gasteiger partial charge in [0.1, 0.15) is 5.75 Å². The molecule has 0 aliphatic carbocycles. The summed E-state index contributed by atoms with van der Waals surface area (Å²) >= 11 is 0. The van der Waals surface area contributed by atoms with Crippen LogP contribution in [0.3, 0.4) is 0 Å². The first-order valence-corrected chi connectivity index (χ1v) is 10.0. The second-order valence-corrected chi connectivity index (χ2v) is 7.51. The molecule has 0 spiro atoms. The maximum atomic E-state index is 14.4. The summed E-state index contributed by atoms with van der Waals surface area (Å²) in [5.74, 6) is -7.87. The maximum absolute atomic E-state index is 14.4. The molecule has 8 nitrogen and oxygen atoms in total. The van der Waals surface area contributed by atoms with Crippen molar-refractivity contribution in [2.24, 2.45) is 0 Å². The number of imide groups is 1. The number of nitrogens with one attached hydrogen (secondary N) is 2. The van der Waals surface area contributed by atoms with Crippen LogP contribution in [-0.4, -0.2) is 47.9 Å². The van der Waals surface area contributed by atoms with E-state index < -0.39 is 34.9 Å². The molecule has 0 saturated heterocycles. The molecule has 3 N–H and O–H groups in total. The predicted molar refractivity (Wildman–Crippen MR) is 114 cm³/mol. The Morgan fingerprint density at radius 2 is 1.88 bits per heavy atom. The molecule has 0 aromatic heterocycles. The first-order valence-electron chi connectivity index (χ1n) is 10.0. The number of hydrogen-bond donors (Lipinski definition) is 3. The molecule has 2 radical (unpaired) electrons. The van der Waals surface area contributed by atoms with Crippen LogP contribution in [0.25, 0.3) is 0 Å². The minimum Gasteiger partial charge on any atom is -0.507 e. The summed E-state index contributed by atoms with van der Waals surface area (Å²) in [4.78, 5) is 48.2. The number of amides is 4. The number of carbonyl (C=O) groups is 4. The Hall–Kier alpha value is -3.76. The van der Waals surface area contributed by atoms with Gasteiger partial charge in [-0.25, -0.2) is 0 Å². The predicted octanol–water partition coefficient (Wildman–Crippen LogP) is 1.94. The molecule has 2 aromatic carbocycles. The van der Waals surface area contributed by atoms with Gasteiger partial charge in [0, 0.05) is 31.6 Å². The van der Waals surface area contributed by atoms with Gasteiger partial charge in [-0.05, 0) is 35.7 Å². The van der Waals surface area contributed by atoms with E-state index in [1.165, 1.54) is 17.0 Å². The lowest BCUT2D eigenvalue weighted by molar-refractivity contribution is -0.147. The average Bonchev–Trinajstić information content (AvgIpc) is 3.06. The highest BCUT2D eigenvalue weighted by Gasteiger charge is 2.42. The van der Waals surface area contributed by atoms with Crippen molar-refractivity contribution in [2.75, 3.05) is 6.54 Å². The molecule has 0 unspecified atom stereocenters. The van der Waals surface area contributed by atoms with Crippen LogP contribution in [0.15, 0.2) is 42.5 Å². The van der Waals surface area contributed by atoms with Crippen molar-refractivity contribution >= 4 is 31.4 Å². The molecule has 1 aliphatic heterocycles. The molecule has 3 rings (SSSR count). The maximum Gasteiger partial charge on any atom is 0.353 e. The van der Waals surface area contributed by atoms with E-state index in [2.05, 4.69) is 5.32 Å². The van der Waals surface area contributed by atoms with E-state index in [0.29, 0.717) is 23.1 Å². The van der Waals surface area contributed by atoms with E-state index in [4.69, 9.17) is 7.85 Å². The molecule has 1 aliphatic rings. The van der Waals surface area contributed by atoms with Crippen LogP contribution < -0.4 is 10.6 Å². The van der Waals surface area contributed by atoms with Crippen molar-refractivity contribution < 1.29 is 33.1 Å². The van der Waals surface area contributed by atoms with Crippen molar-refractivity contribution in [3.8, 4) is 5.75 Å². The van der Waals surface area contributed by atoms with Gasteiger partial charge in [-0.1, -0.05) is 24.3 Å². The fourth-order valence-electron chi connectivity index (χ4n) is 3.51. The van der Waals surface area contributed by atoms with Crippen LogP contribution in [0.5, 0.6) is 5.75 Å². The number of fused-ring (bicyclic) bond motifs is 1. The summed E-state index contributed by atoms with van der Waals surface area (Å²) in [6, 6.07) is 9.47. The van der Waals surface area contributed by atoms with Crippen LogP contribution in [0.2, 0.25) is 0 Å². The minimum absolute atomic E-state index is 0.0194. The number of benzene rings is 2. The third-order valence-corrected chi connectivity index (χ3v) is 5.12. The van der Waals surface area contributed by atoms with Gasteiger partial charge in [0.05, 0.1) is 5.56 Å². The number of rotatable bonds is 8. The van der Waals surface area contributed by atoms with Crippen LogP contribution in [0.1, 0.15) is 39.9 Å². The molecule has 0 atom stereocenters. The zero-order chi connectivity index (χ0) is 24.2. The second kappa shape index (κ2) is 9.80. The first-order chi connectivity index (χ1) is 15.6. The smallest absolute Gasteiger partial charge is 0.353 e. The summed E-state index contributed by atoms with van der Waals surface area (Å²) < 4.78 is 28.8. The zero-order valence-corrected chi connectivity index (χ0v) is 17.4. The molecule has 1 heterocycles. The molecule has 0 fully saturated rings. The Bertz CT molecular complexity index is 1110. The highest BCUT2D eigenvalue weighted by Crippen LogP contribution is 2.34. The summed E-state index contributed by atoms with van der Waals surface area (Å²) in [7, 11) is 4.87. The van der Waals surface area contributed by atoms with Crippen molar-refractivity contribution in [1.29, 1.82) is 0 Å². The fourth-order valence-corrected chi connectivity index (χ4v) is 3.51. The number of carbonyl (C=O) groups excluding carboxylic acids is 4. The van der Waals surface area contributed by atoms with Crippen LogP contribution >= 0.6 is 0 Å². The highest BCUT2D eigenvalue weighted by molar-refractivity contribution is 6.58. The Balaban J connectivity index is 1.57. The number of halogens is 2. The number of phenols is 1. The van der Waals surface area contributed by atoms with Gasteiger partial charge in [0.25, 0.3) is 11.8 Å². The Kier molecular flexibility index (Phi) is 7.10. The largest absolute Gasteiger partial charge is 0.507 e. The van der Waals surface area contributed by atoms with E-state index in [1.54, 1.807) is 18.2 Å². The molecule has 4 amide bonds. The topological polar surface area (TPSA) is 116 Å². The number of phenolic OH excluding ortho intramolecular Hbond substituents is 1. The molecular formula is C22H20BF2N3O5. The van der Waals surface area contributed by atoms with E-state index in [0.717, 1.165) is 12.1 Å². The van der Waals surface area contributed by atoms with Crippen molar-refractivity contribution in [3.63, 3.8) is 0 Å². The Morgan fingerprint density at radius 1 is 1.15 bits per heavy atom. The SMILES string of the molecule is [B]C(=O)NC(=O)CCCN1Cc2cc(CNC(=O)C(F)(F)c3ccccc3O)ccc2C1=O. The number of aromatic hydroxyl groups is 1. The van der Waals surface area contributed by atoms with E-state index in [9.17, 15) is 33.1 Å². The first kappa shape index (κ1) is 23.9. The summed E-state index contributed by atoms with van der Waals surface area (Å²) in [6.07, 6.45) is 0.342. The van der Waals surface area contributed by atoms with E-state index in [-0.39, 0.29) is 32.0 Å². The van der Waals surface area contributed by atoms with Gasteiger partial charge in [0.2, 0.25) is 13.8 Å². The number of nitrogens with zero attached hydrogens (tertiary/aromatic N) is 1. The molecule has 0 bridgehead atoms. The van der Waals surface area contributed by atoms with Crippen molar-refractivity contribution in [2.45, 2.75) is 31.9 Å². The zero-order valence-electron chi connectivity index (χ0n) is 17.4. The van der Waals surface area contributed by atoms with Gasteiger partial charge in [-0.2, -0.15) is 8.78 Å². The number of hydrogen-bond acceptors (Lipinski definition) is 5. The van der Waals surface area contributed by atoms with Crippen LogP contribution in [0.4, 0.5) is 13.6 Å². The van der Waals surface area contributed by atoms with Gasteiger partial charge in [-0.3, -0.25) is 19.2 Å². The number of para-hydroxylation sites is 1. The molecule has 0 saturated carbocycles. The van der Waals surface area contributed by atoms with Crippen LogP contribution in [-0.2, 0) is 28.6 Å². The summed E-state index contributed by atoms with van der Waals surface area (Å²) in [5, 5.41) is 13.7. The van der Waals surface area contributed by atoms with Gasteiger partial charge in [0.15, 0.2) is 5.81 Å². The summed E-state index contributed by atoms with van der Waals surface area (Å²) in [6.45, 7) is 0.344. The lowest BCUT2D eigenvalue weighted by Crippen LogP contribution is -2.37. The van der Waals surface area contributed by atoms with Gasteiger partial charge < -0.3 is 20.6 Å². The Labute approximate surface area is 189 Å². The summed E-state index contributed by atoms with van der Waals surface area (Å²) in [5.41, 5.74) is 0.847. The second-order valence-electron chi connectivity index (χ2n) is 7.51. The van der Waals surface area contributed by atoms with Crippen LogP contribution in [0, 0.1) is 0 Å². The molecule has 11 heteroatoms. The molecule has 33 heavy (non-hydrogen) atoms. The normalized spacial score (nSPS) is 12.9. The number of alkyl halides is 2. The molecule has 2 aromatic rings. The minimum atomic E-state index is -3.92. The fraction of sp³-hybridized carbons (Fsp3) is 0.273. The van der Waals surface area contributed by atoms with Crippen molar-refractivity contribution in [3.05, 3.63) is 64.7 Å². The van der Waals surface area contributed by atoms with E-state index >= 15 is 0 Å². The van der Waals surface area contributed by atoms with Gasteiger partial charge in [-0.15, -0.1) is 0 Å². The Morgan fingerprint density at radius 3 is 2.58 bits per heavy atom. The highest BCUT2D eigenvalue weighted by atomic mass is 19.3. The lowest BCUT2D eigenvalue weighted by Gasteiger charge is -2.17. The average molecular weight is 455 g/mol. The quantitative estimate of drug-likeness (QED) is 0.527. The molecular weight excluding hydrogens is 435 g/mol. The third kappa shape index (κ3) is 5.54.